The lowest BCUT2D eigenvalue weighted by Crippen LogP contribution is -2.49. The van der Waals surface area contributed by atoms with E-state index in [1.807, 2.05) is 0 Å². The number of nitrogens with zero attached hydrogens (tertiary/aromatic N) is 2. The quantitative estimate of drug-likeness (QED) is 0.852. The van der Waals surface area contributed by atoms with Crippen LogP contribution in [0.1, 0.15) is 26.2 Å². The van der Waals surface area contributed by atoms with Crippen molar-refractivity contribution in [2.45, 2.75) is 26.2 Å². The second-order valence-corrected chi connectivity index (χ2v) is 7.53. The van der Waals surface area contributed by atoms with Crippen LogP contribution < -0.4 is 10.2 Å². The van der Waals surface area contributed by atoms with Gasteiger partial charge in [-0.05, 0) is 55.3 Å². The Morgan fingerprint density at radius 1 is 1.33 bits per heavy atom. The van der Waals surface area contributed by atoms with Crippen LogP contribution in [0.3, 0.4) is 0 Å². The van der Waals surface area contributed by atoms with E-state index in [9.17, 15) is 4.79 Å². The van der Waals surface area contributed by atoms with Crippen LogP contribution in [0, 0.1) is 11.8 Å². The van der Waals surface area contributed by atoms with Crippen molar-refractivity contribution in [2.24, 2.45) is 11.8 Å². The molecule has 1 amide bonds. The molecule has 2 fully saturated rings. The molecule has 2 saturated heterocycles. The third-order valence-electron chi connectivity index (χ3n) is 5.09. The van der Waals surface area contributed by atoms with Crippen molar-refractivity contribution >= 4 is 47.1 Å². The maximum atomic E-state index is 12.5. The van der Waals surface area contributed by atoms with Crippen molar-refractivity contribution in [3.8, 4) is 0 Å². The molecule has 2 aliphatic heterocycles. The SMILES string of the molecule is CC(CC(=O)N1CCN(c2cccs2)CC1)C1CCCNC1.Cl.Cl. The summed E-state index contributed by atoms with van der Waals surface area (Å²) < 4.78 is 0. The number of piperidine rings is 1. The van der Waals surface area contributed by atoms with Crippen LogP contribution in [0.4, 0.5) is 5.00 Å². The van der Waals surface area contributed by atoms with Crippen LogP contribution in [-0.4, -0.2) is 50.1 Å². The number of nitrogens with one attached hydrogen (secondary N) is 1. The molecule has 3 rings (SSSR count). The second-order valence-electron chi connectivity index (χ2n) is 6.61. The zero-order valence-corrected chi connectivity index (χ0v) is 16.7. The van der Waals surface area contributed by atoms with Crippen molar-refractivity contribution in [3.63, 3.8) is 0 Å². The number of rotatable bonds is 4. The fraction of sp³-hybridized carbons (Fsp3) is 0.706. The summed E-state index contributed by atoms with van der Waals surface area (Å²) in [5.41, 5.74) is 0. The van der Waals surface area contributed by atoms with Gasteiger partial charge in [0.15, 0.2) is 0 Å². The Hall–Kier alpha value is -0.490. The monoisotopic (exact) mass is 393 g/mol. The van der Waals surface area contributed by atoms with Gasteiger partial charge >= 0.3 is 0 Å². The summed E-state index contributed by atoms with van der Waals surface area (Å²) in [5.74, 6) is 1.52. The second kappa shape index (κ2) is 10.5. The van der Waals surface area contributed by atoms with Crippen molar-refractivity contribution < 1.29 is 4.79 Å². The molecule has 0 radical (unpaired) electrons. The number of carbonyl (C=O) groups excluding carboxylic acids is 1. The molecule has 1 N–H and O–H groups in total. The first-order chi connectivity index (χ1) is 10.7. The fourth-order valence-electron chi connectivity index (χ4n) is 3.56. The first-order valence-electron chi connectivity index (χ1n) is 8.51. The minimum atomic E-state index is 0. The molecule has 0 aliphatic carbocycles. The summed E-state index contributed by atoms with van der Waals surface area (Å²) in [5, 5.41) is 6.90. The standard InChI is InChI=1S/C17H27N3OS.2ClH/c1-14(15-4-2-6-18-13-15)12-16(21)19-7-9-20(10-8-19)17-5-3-11-22-17;;/h3,5,11,14-15,18H,2,4,6-10,12-13H2,1H3;2*1H. The minimum absolute atomic E-state index is 0. The van der Waals surface area contributed by atoms with Gasteiger partial charge in [-0.15, -0.1) is 36.2 Å². The number of piperazine rings is 1. The molecule has 2 unspecified atom stereocenters. The van der Waals surface area contributed by atoms with E-state index in [1.54, 1.807) is 11.3 Å². The van der Waals surface area contributed by atoms with Crippen molar-refractivity contribution in [1.29, 1.82) is 0 Å². The van der Waals surface area contributed by atoms with Crippen LogP contribution >= 0.6 is 36.2 Å². The molecule has 7 heteroatoms. The van der Waals surface area contributed by atoms with Gasteiger partial charge in [-0.25, -0.2) is 0 Å². The van der Waals surface area contributed by atoms with Gasteiger partial charge in [-0.3, -0.25) is 4.79 Å². The summed E-state index contributed by atoms with van der Waals surface area (Å²) >= 11 is 1.78. The lowest BCUT2D eigenvalue weighted by atomic mass is 9.85. The van der Waals surface area contributed by atoms with E-state index in [0.717, 1.165) is 39.3 Å². The highest BCUT2D eigenvalue weighted by atomic mass is 35.5. The molecule has 0 saturated carbocycles. The van der Waals surface area contributed by atoms with Gasteiger partial charge < -0.3 is 15.1 Å². The average Bonchev–Trinajstić information content (AvgIpc) is 3.10. The lowest BCUT2D eigenvalue weighted by Gasteiger charge is -2.36. The Morgan fingerprint density at radius 3 is 2.67 bits per heavy atom. The number of halogens is 2. The Bertz CT molecular complexity index is 472. The van der Waals surface area contributed by atoms with E-state index in [1.165, 1.54) is 17.8 Å². The van der Waals surface area contributed by atoms with Gasteiger partial charge in [0, 0.05) is 32.6 Å². The molecule has 3 heterocycles. The average molecular weight is 394 g/mol. The zero-order chi connectivity index (χ0) is 15.4. The number of hydrogen-bond acceptors (Lipinski definition) is 4. The largest absolute Gasteiger partial charge is 0.360 e. The summed E-state index contributed by atoms with van der Waals surface area (Å²) in [7, 11) is 0. The number of anilines is 1. The highest BCUT2D eigenvalue weighted by molar-refractivity contribution is 7.14. The molecule has 138 valence electrons. The predicted octanol–water partition coefficient (Wildman–Crippen LogP) is 3.27. The first-order valence-corrected chi connectivity index (χ1v) is 9.39. The summed E-state index contributed by atoms with van der Waals surface area (Å²) in [4.78, 5) is 17.0. The van der Waals surface area contributed by atoms with Crippen LogP contribution in [-0.2, 0) is 4.79 Å². The zero-order valence-electron chi connectivity index (χ0n) is 14.3. The van der Waals surface area contributed by atoms with E-state index >= 15 is 0 Å². The van der Waals surface area contributed by atoms with Gasteiger partial charge in [-0.1, -0.05) is 6.92 Å². The number of carbonyl (C=O) groups is 1. The van der Waals surface area contributed by atoms with Crippen molar-refractivity contribution in [3.05, 3.63) is 17.5 Å². The molecule has 4 nitrogen and oxygen atoms in total. The molecule has 0 aromatic carbocycles. The maximum Gasteiger partial charge on any atom is 0.222 e. The molecule has 24 heavy (non-hydrogen) atoms. The normalized spacial score (nSPS) is 22.3. The molecular formula is C17H29Cl2N3OS. The number of thiophene rings is 1. The molecule has 1 aromatic rings. The van der Waals surface area contributed by atoms with Crippen LogP contribution in [0.2, 0.25) is 0 Å². The van der Waals surface area contributed by atoms with Gasteiger partial charge in [0.25, 0.3) is 0 Å². The summed E-state index contributed by atoms with van der Waals surface area (Å²) in [6, 6.07) is 4.26. The highest BCUT2D eigenvalue weighted by Crippen LogP contribution is 2.25. The van der Waals surface area contributed by atoms with E-state index in [2.05, 4.69) is 39.6 Å². The molecule has 0 bridgehead atoms. The highest BCUT2D eigenvalue weighted by Gasteiger charge is 2.26. The lowest BCUT2D eigenvalue weighted by molar-refractivity contribution is -0.132. The van der Waals surface area contributed by atoms with E-state index < -0.39 is 0 Å². The molecule has 2 aliphatic rings. The Morgan fingerprint density at radius 2 is 2.08 bits per heavy atom. The minimum Gasteiger partial charge on any atom is -0.360 e. The maximum absolute atomic E-state index is 12.5. The van der Waals surface area contributed by atoms with Gasteiger partial charge in [-0.2, -0.15) is 0 Å². The third-order valence-corrected chi connectivity index (χ3v) is 6.02. The number of amides is 1. The Labute approximate surface area is 161 Å². The van der Waals surface area contributed by atoms with Crippen molar-refractivity contribution in [1.82, 2.24) is 10.2 Å². The molecule has 2 atom stereocenters. The Kier molecular flexibility index (Phi) is 9.42. The topological polar surface area (TPSA) is 35.6 Å². The van der Waals surface area contributed by atoms with Crippen molar-refractivity contribution in [2.75, 3.05) is 44.2 Å². The van der Waals surface area contributed by atoms with Crippen LogP contribution in [0.15, 0.2) is 17.5 Å². The van der Waals surface area contributed by atoms with Gasteiger partial charge in [0.2, 0.25) is 5.91 Å². The Balaban J connectivity index is 0.00000144. The molecular weight excluding hydrogens is 365 g/mol. The van der Waals surface area contributed by atoms with Gasteiger partial charge in [0.1, 0.15) is 0 Å². The predicted molar refractivity (Wildman–Crippen MR) is 107 cm³/mol. The summed E-state index contributed by atoms with van der Waals surface area (Å²) in [6.07, 6.45) is 3.24. The summed E-state index contributed by atoms with van der Waals surface area (Å²) in [6.45, 7) is 8.13. The van der Waals surface area contributed by atoms with E-state index in [-0.39, 0.29) is 24.8 Å². The van der Waals surface area contributed by atoms with Crippen LogP contribution in [0.25, 0.3) is 0 Å². The fourth-order valence-corrected chi connectivity index (χ4v) is 4.35. The number of hydrogen-bond donors (Lipinski definition) is 1. The van der Waals surface area contributed by atoms with E-state index in [4.69, 9.17) is 0 Å². The van der Waals surface area contributed by atoms with E-state index in [0.29, 0.717) is 24.2 Å². The molecule has 1 aromatic heterocycles. The van der Waals surface area contributed by atoms with Crippen LogP contribution in [0.5, 0.6) is 0 Å². The van der Waals surface area contributed by atoms with Gasteiger partial charge in [0.05, 0.1) is 5.00 Å². The third kappa shape index (κ3) is 5.51. The molecule has 0 spiro atoms. The smallest absolute Gasteiger partial charge is 0.222 e. The first kappa shape index (κ1) is 21.6.